The first-order valence-electron chi connectivity index (χ1n) is 10.8. The van der Waals surface area contributed by atoms with Crippen molar-refractivity contribution >= 4 is 63.8 Å². The number of nitrogens with one attached hydrogen (secondary N) is 1. The van der Waals surface area contributed by atoms with Gasteiger partial charge >= 0.3 is 0 Å². The van der Waals surface area contributed by atoms with Crippen molar-refractivity contribution in [1.29, 1.82) is 0 Å². The van der Waals surface area contributed by atoms with Crippen molar-refractivity contribution in [3.8, 4) is 11.5 Å². The maximum absolute atomic E-state index is 12.8. The summed E-state index contributed by atoms with van der Waals surface area (Å²) in [6, 6.07) is 20.6. The summed E-state index contributed by atoms with van der Waals surface area (Å²) in [6.45, 7) is 0.0552. The third kappa shape index (κ3) is 6.81. The van der Waals surface area contributed by atoms with Gasteiger partial charge in [-0.3, -0.25) is 19.3 Å². The van der Waals surface area contributed by atoms with Crippen LogP contribution in [0, 0.1) is 0 Å². The van der Waals surface area contributed by atoms with E-state index in [1.807, 2.05) is 0 Å². The van der Waals surface area contributed by atoms with E-state index in [0.717, 1.165) is 16.7 Å². The number of ether oxygens (including phenoxy) is 2. The number of hydrogen-bond acceptors (Lipinski definition) is 6. The van der Waals surface area contributed by atoms with Gasteiger partial charge in [0.2, 0.25) is 0 Å². The number of imide groups is 1. The fourth-order valence-electron chi connectivity index (χ4n) is 3.22. The Kier molecular flexibility index (Phi) is 8.53. The van der Waals surface area contributed by atoms with Crippen LogP contribution in [0.25, 0.3) is 6.08 Å². The molecule has 184 valence electrons. The summed E-state index contributed by atoms with van der Waals surface area (Å²) < 4.78 is 11.2. The molecule has 1 saturated heterocycles. The van der Waals surface area contributed by atoms with Crippen LogP contribution in [0.1, 0.15) is 5.56 Å². The Balaban J connectivity index is 1.32. The highest BCUT2D eigenvalue weighted by atomic mass is 35.5. The van der Waals surface area contributed by atoms with E-state index >= 15 is 0 Å². The van der Waals surface area contributed by atoms with Crippen molar-refractivity contribution in [2.45, 2.75) is 0 Å². The molecule has 4 rings (SSSR count). The second-order valence-electron chi connectivity index (χ2n) is 7.52. The Bertz CT molecular complexity index is 1310. The number of rotatable bonds is 9. The van der Waals surface area contributed by atoms with Crippen molar-refractivity contribution < 1.29 is 23.9 Å². The highest BCUT2D eigenvalue weighted by Gasteiger charge is 2.34. The van der Waals surface area contributed by atoms with Gasteiger partial charge in [0, 0.05) is 5.02 Å². The van der Waals surface area contributed by atoms with Gasteiger partial charge < -0.3 is 14.8 Å². The zero-order chi connectivity index (χ0) is 25.5. The minimum atomic E-state index is -0.393. The van der Waals surface area contributed by atoms with Crippen molar-refractivity contribution in [3.05, 3.63) is 93.3 Å². The number of halogens is 2. The van der Waals surface area contributed by atoms with E-state index in [2.05, 4.69) is 5.32 Å². The smallest absolute Gasteiger partial charge is 0.293 e. The normalized spacial score (nSPS) is 14.3. The molecule has 36 heavy (non-hydrogen) atoms. The molecule has 1 aliphatic heterocycles. The number of anilines is 1. The predicted octanol–water partition coefficient (Wildman–Crippen LogP) is 6.13. The first kappa shape index (κ1) is 25.6. The van der Waals surface area contributed by atoms with E-state index in [-0.39, 0.29) is 30.9 Å². The lowest BCUT2D eigenvalue weighted by molar-refractivity contribution is -0.123. The molecule has 1 N–H and O–H groups in total. The van der Waals surface area contributed by atoms with Gasteiger partial charge in [0.05, 0.1) is 22.2 Å². The molecular weight excluding hydrogens is 523 g/mol. The van der Waals surface area contributed by atoms with Gasteiger partial charge in [-0.05, 0) is 71.9 Å². The first-order chi connectivity index (χ1) is 17.4. The fraction of sp³-hybridized carbons (Fsp3) is 0.115. The molecule has 0 unspecified atom stereocenters. The number of nitrogens with zero attached hydrogens (tertiary/aromatic N) is 1. The van der Waals surface area contributed by atoms with Gasteiger partial charge in [-0.15, -0.1) is 0 Å². The molecule has 1 aliphatic rings. The number of para-hydroxylation sites is 1. The number of amides is 3. The third-order valence-corrected chi connectivity index (χ3v) is 6.43. The molecule has 7 nitrogen and oxygen atoms in total. The minimum absolute atomic E-state index is 0.119. The van der Waals surface area contributed by atoms with Crippen LogP contribution in [0.3, 0.4) is 0 Å². The van der Waals surface area contributed by atoms with E-state index in [1.54, 1.807) is 78.9 Å². The Morgan fingerprint density at radius 2 is 1.72 bits per heavy atom. The molecule has 0 aromatic heterocycles. The summed E-state index contributed by atoms with van der Waals surface area (Å²) in [6.07, 6.45) is 1.61. The molecule has 0 atom stereocenters. The molecule has 3 aromatic rings. The van der Waals surface area contributed by atoms with Gasteiger partial charge in [-0.25, -0.2) is 0 Å². The Hall–Kier alpha value is -3.46. The van der Waals surface area contributed by atoms with E-state index in [4.69, 9.17) is 32.7 Å². The van der Waals surface area contributed by atoms with Gasteiger partial charge in [-0.1, -0.05) is 47.5 Å². The highest BCUT2D eigenvalue weighted by molar-refractivity contribution is 8.18. The van der Waals surface area contributed by atoms with Crippen LogP contribution in [0.5, 0.6) is 11.5 Å². The number of thioether (sulfide) groups is 1. The largest absolute Gasteiger partial charge is 0.492 e. The molecule has 1 heterocycles. The molecule has 10 heteroatoms. The topological polar surface area (TPSA) is 84.9 Å². The van der Waals surface area contributed by atoms with Gasteiger partial charge in [0.25, 0.3) is 17.1 Å². The average molecular weight is 543 g/mol. The van der Waals surface area contributed by atoms with E-state index in [0.29, 0.717) is 37.7 Å². The second kappa shape index (κ2) is 12.0. The second-order valence-corrected chi connectivity index (χ2v) is 9.36. The van der Waals surface area contributed by atoms with E-state index in [9.17, 15) is 14.4 Å². The lowest BCUT2D eigenvalue weighted by atomic mass is 10.2. The van der Waals surface area contributed by atoms with E-state index < -0.39 is 5.91 Å². The number of benzene rings is 3. The summed E-state index contributed by atoms with van der Waals surface area (Å²) in [5, 5.41) is 3.34. The molecule has 0 bridgehead atoms. The monoisotopic (exact) mass is 542 g/mol. The maximum atomic E-state index is 12.8. The molecule has 0 radical (unpaired) electrons. The number of carbonyl (C=O) groups is 3. The zero-order valence-corrected chi connectivity index (χ0v) is 21.1. The summed E-state index contributed by atoms with van der Waals surface area (Å²) >= 11 is 12.8. The summed E-state index contributed by atoms with van der Waals surface area (Å²) in [5.41, 5.74) is 1.15. The van der Waals surface area contributed by atoms with Crippen LogP contribution in [0.15, 0.2) is 77.7 Å². The molecule has 0 aliphatic carbocycles. The lowest BCUT2D eigenvalue weighted by Gasteiger charge is -2.13. The van der Waals surface area contributed by atoms with Gasteiger partial charge in [0.1, 0.15) is 18.1 Å². The van der Waals surface area contributed by atoms with Gasteiger partial charge in [-0.2, -0.15) is 0 Å². The van der Waals surface area contributed by atoms with Crippen LogP contribution in [0.2, 0.25) is 10.0 Å². The SMILES string of the molecule is O=C(COc1cccc(/C=C2\SC(=O)N(CCOc3ccc(Cl)cc3)C2=O)c1)Nc1ccccc1Cl. The van der Waals surface area contributed by atoms with Crippen LogP contribution < -0.4 is 14.8 Å². The molecule has 0 saturated carbocycles. The lowest BCUT2D eigenvalue weighted by Crippen LogP contribution is -2.32. The van der Waals surface area contributed by atoms with Crippen LogP contribution >= 0.6 is 35.0 Å². The molecular formula is C26H20Cl2N2O5S. The van der Waals surface area contributed by atoms with Gasteiger partial charge in [0.15, 0.2) is 6.61 Å². The highest BCUT2D eigenvalue weighted by Crippen LogP contribution is 2.32. The standard InChI is InChI=1S/C26H20Cl2N2O5S/c27-18-8-10-19(11-9-18)34-13-12-30-25(32)23(36-26(30)33)15-17-4-3-5-20(14-17)35-16-24(31)29-22-7-2-1-6-21(22)28/h1-11,14-15H,12-13,16H2,(H,29,31)/b23-15-. The Morgan fingerprint density at radius 1 is 0.944 bits per heavy atom. The number of hydrogen-bond donors (Lipinski definition) is 1. The summed E-state index contributed by atoms with van der Waals surface area (Å²) in [4.78, 5) is 38.8. The number of carbonyl (C=O) groups excluding carboxylic acids is 3. The van der Waals surface area contributed by atoms with Crippen LogP contribution in [-0.2, 0) is 9.59 Å². The first-order valence-corrected chi connectivity index (χ1v) is 12.4. The quantitative estimate of drug-likeness (QED) is 0.327. The third-order valence-electron chi connectivity index (χ3n) is 4.94. The van der Waals surface area contributed by atoms with Crippen molar-refractivity contribution in [1.82, 2.24) is 4.90 Å². The summed E-state index contributed by atoms with van der Waals surface area (Å²) in [5.74, 6) is 0.276. The maximum Gasteiger partial charge on any atom is 0.293 e. The van der Waals surface area contributed by atoms with Crippen molar-refractivity contribution in [2.75, 3.05) is 25.1 Å². The van der Waals surface area contributed by atoms with Crippen molar-refractivity contribution in [2.24, 2.45) is 0 Å². The Morgan fingerprint density at radius 3 is 2.50 bits per heavy atom. The zero-order valence-electron chi connectivity index (χ0n) is 18.8. The van der Waals surface area contributed by atoms with E-state index in [1.165, 1.54) is 0 Å². The van der Waals surface area contributed by atoms with Crippen LogP contribution in [0.4, 0.5) is 10.5 Å². The molecule has 0 spiro atoms. The average Bonchev–Trinajstić information content (AvgIpc) is 3.13. The Labute approximate surface area is 222 Å². The molecule has 3 aromatic carbocycles. The van der Waals surface area contributed by atoms with Crippen molar-refractivity contribution in [3.63, 3.8) is 0 Å². The predicted molar refractivity (Wildman–Crippen MR) is 142 cm³/mol. The fourth-order valence-corrected chi connectivity index (χ4v) is 4.40. The molecule has 3 amide bonds. The molecule has 1 fully saturated rings. The van der Waals surface area contributed by atoms with Crippen LogP contribution in [-0.4, -0.2) is 41.7 Å². The summed E-state index contributed by atoms with van der Waals surface area (Å²) in [7, 11) is 0. The minimum Gasteiger partial charge on any atom is -0.492 e.